The molecule has 0 aliphatic heterocycles. The second-order valence-corrected chi connectivity index (χ2v) is 8.43. The minimum Gasteiger partial charge on any atom is -0.494 e. The van der Waals surface area contributed by atoms with Crippen LogP contribution in [0.3, 0.4) is 0 Å². The van der Waals surface area contributed by atoms with E-state index in [-0.39, 0.29) is 0 Å². The summed E-state index contributed by atoms with van der Waals surface area (Å²) in [6, 6.07) is 12.7. The van der Waals surface area contributed by atoms with Crippen LogP contribution in [0.5, 0.6) is 5.75 Å². The molecule has 0 spiro atoms. The Kier molecular flexibility index (Phi) is 10.6. The molecule has 0 radical (unpaired) electrons. The zero-order valence-electron chi connectivity index (χ0n) is 15.1. The van der Waals surface area contributed by atoms with E-state index in [4.69, 9.17) is 4.74 Å². The van der Waals surface area contributed by atoms with E-state index in [1.165, 1.54) is 68.6 Å². The minimum absolute atomic E-state index is 0.828. The van der Waals surface area contributed by atoms with Crippen LogP contribution in [-0.2, 0) is 0 Å². The lowest BCUT2D eigenvalue weighted by Crippen LogP contribution is -1.97. The van der Waals surface area contributed by atoms with Gasteiger partial charge in [-0.05, 0) is 47.9 Å². The Hall–Kier alpha value is -0.540. The summed E-state index contributed by atoms with van der Waals surface area (Å²) >= 11 is 7.00. The van der Waals surface area contributed by atoms with E-state index in [0.717, 1.165) is 28.6 Å². The van der Waals surface area contributed by atoms with E-state index in [2.05, 4.69) is 68.3 Å². The molecule has 0 unspecified atom stereocenters. The predicted octanol–water partition coefficient (Wildman–Crippen LogP) is 8.28. The summed E-state index contributed by atoms with van der Waals surface area (Å²) in [6.07, 6.45) is 13.5. The number of unbranched alkanes of at least 4 members (excludes halogenated alkanes) is 9. The molecular weight excluding hydrogens is 440 g/mol. The fourth-order valence-electron chi connectivity index (χ4n) is 3.09. The van der Waals surface area contributed by atoms with Gasteiger partial charge in [-0.1, -0.05) is 95.4 Å². The van der Waals surface area contributed by atoms with E-state index in [0.29, 0.717) is 0 Å². The zero-order valence-corrected chi connectivity index (χ0v) is 18.3. The molecule has 0 aliphatic carbocycles. The van der Waals surface area contributed by atoms with Crippen LogP contribution in [0, 0.1) is 0 Å². The second-order valence-electron chi connectivity index (χ2n) is 6.73. The average molecular weight is 470 g/mol. The van der Waals surface area contributed by atoms with E-state index >= 15 is 0 Å². The number of benzene rings is 2. The van der Waals surface area contributed by atoms with Crippen LogP contribution in [0.15, 0.2) is 40.9 Å². The van der Waals surface area contributed by atoms with Gasteiger partial charge in [0.2, 0.25) is 0 Å². The molecule has 0 aliphatic rings. The van der Waals surface area contributed by atoms with Gasteiger partial charge in [0, 0.05) is 9.80 Å². The molecule has 0 amide bonds. The zero-order chi connectivity index (χ0) is 17.7. The first kappa shape index (κ1) is 20.8. The fraction of sp³-hybridized carbons (Fsp3) is 0.545. The Morgan fingerprint density at radius 3 is 1.88 bits per heavy atom. The Balaban J connectivity index is 1.50. The first-order valence-corrected chi connectivity index (χ1v) is 11.6. The third-order valence-electron chi connectivity index (χ3n) is 4.57. The highest BCUT2D eigenvalue weighted by atomic mass is 79.9. The topological polar surface area (TPSA) is 9.23 Å². The molecule has 25 heavy (non-hydrogen) atoms. The number of hydrogen-bond donors (Lipinski definition) is 0. The normalized spacial score (nSPS) is 11.1. The van der Waals surface area contributed by atoms with Crippen LogP contribution in [0.25, 0.3) is 10.8 Å². The molecule has 0 N–H and O–H groups in total. The van der Waals surface area contributed by atoms with Gasteiger partial charge in [0.15, 0.2) is 0 Å². The van der Waals surface area contributed by atoms with Crippen LogP contribution in [0.1, 0.15) is 64.2 Å². The van der Waals surface area contributed by atoms with Crippen molar-refractivity contribution in [3.63, 3.8) is 0 Å². The quantitative estimate of drug-likeness (QED) is 0.212. The molecule has 0 aromatic heterocycles. The summed E-state index contributed by atoms with van der Waals surface area (Å²) in [4.78, 5) is 0. The fourth-order valence-corrected chi connectivity index (χ4v) is 3.86. The highest BCUT2D eigenvalue weighted by molar-refractivity contribution is 9.10. The van der Waals surface area contributed by atoms with Gasteiger partial charge in [-0.25, -0.2) is 0 Å². The van der Waals surface area contributed by atoms with Crippen LogP contribution in [-0.4, -0.2) is 11.9 Å². The third-order valence-corrected chi connectivity index (χ3v) is 5.62. The monoisotopic (exact) mass is 468 g/mol. The van der Waals surface area contributed by atoms with Crippen molar-refractivity contribution >= 4 is 42.6 Å². The molecule has 0 saturated heterocycles. The van der Waals surface area contributed by atoms with Gasteiger partial charge < -0.3 is 4.74 Å². The lowest BCUT2D eigenvalue weighted by Gasteiger charge is -2.08. The van der Waals surface area contributed by atoms with Crippen molar-refractivity contribution in [3.05, 3.63) is 40.9 Å². The first-order chi connectivity index (χ1) is 12.3. The van der Waals surface area contributed by atoms with Crippen LogP contribution >= 0.6 is 31.9 Å². The molecule has 1 nitrogen and oxygen atoms in total. The summed E-state index contributed by atoms with van der Waals surface area (Å²) < 4.78 is 7.03. The average Bonchev–Trinajstić information content (AvgIpc) is 2.62. The van der Waals surface area contributed by atoms with Gasteiger partial charge in [0.25, 0.3) is 0 Å². The van der Waals surface area contributed by atoms with E-state index in [1.807, 2.05) is 0 Å². The molecule has 2 rings (SSSR count). The molecular formula is C22H30Br2O. The summed E-state index contributed by atoms with van der Waals surface area (Å²) in [7, 11) is 0. The molecule has 0 saturated carbocycles. The number of hydrogen-bond acceptors (Lipinski definition) is 1. The minimum atomic E-state index is 0.828. The Labute approximate surface area is 169 Å². The molecule has 2 aromatic carbocycles. The smallest absolute Gasteiger partial charge is 0.119 e. The first-order valence-electron chi connectivity index (χ1n) is 9.68. The summed E-state index contributed by atoms with van der Waals surface area (Å²) in [6.45, 7) is 0.828. The van der Waals surface area contributed by atoms with Crippen molar-refractivity contribution < 1.29 is 4.74 Å². The predicted molar refractivity (Wildman–Crippen MR) is 117 cm³/mol. The summed E-state index contributed by atoms with van der Waals surface area (Å²) in [5.74, 6) is 0.985. The standard InChI is InChI=1S/C22H30Br2O/c23-15-9-7-5-3-1-2-4-6-8-10-16-25-22-14-12-19-17-21(24)13-11-20(19)18-22/h11-14,17-18H,1-10,15-16H2. The molecule has 0 bridgehead atoms. The van der Waals surface area contributed by atoms with E-state index in [9.17, 15) is 0 Å². The Bertz CT molecular complexity index is 612. The van der Waals surface area contributed by atoms with Gasteiger partial charge in [-0.2, -0.15) is 0 Å². The second kappa shape index (κ2) is 12.8. The van der Waals surface area contributed by atoms with Crippen molar-refractivity contribution in [3.8, 4) is 5.75 Å². The van der Waals surface area contributed by atoms with Crippen LogP contribution in [0.2, 0.25) is 0 Å². The SMILES string of the molecule is BrCCCCCCCCCCCCOc1ccc2cc(Br)ccc2c1. The summed E-state index contributed by atoms with van der Waals surface area (Å²) in [5, 5.41) is 3.64. The van der Waals surface area contributed by atoms with Gasteiger partial charge in [0.1, 0.15) is 5.75 Å². The van der Waals surface area contributed by atoms with Crippen molar-refractivity contribution in [1.82, 2.24) is 0 Å². The number of halogens is 2. The molecule has 3 heteroatoms. The van der Waals surface area contributed by atoms with Gasteiger partial charge in [0.05, 0.1) is 6.61 Å². The van der Waals surface area contributed by atoms with Crippen LogP contribution < -0.4 is 4.74 Å². The molecule has 138 valence electrons. The molecule has 0 fully saturated rings. The van der Waals surface area contributed by atoms with Gasteiger partial charge in [-0.3, -0.25) is 0 Å². The van der Waals surface area contributed by atoms with Crippen molar-refractivity contribution in [2.24, 2.45) is 0 Å². The van der Waals surface area contributed by atoms with Crippen molar-refractivity contribution in [2.45, 2.75) is 64.2 Å². The highest BCUT2D eigenvalue weighted by Crippen LogP contribution is 2.24. The number of fused-ring (bicyclic) bond motifs is 1. The maximum Gasteiger partial charge on any atom is 0.119 e. The van der Waals surface area contributed by atoms with Crippen LogP contribution in [0.4, 0.5) is 0 Å². The highest BCUT2D eigenvalue weighted by Gasteiger charge is 1.99. The number of ether oxygens (including phenoxy) is 1. The number of rotatable bonds is 13. The van der Waals surface area contributed by atoms with Crippen molar-refractivity contribution in [1.29, 1.82) is 0 Å². The number of alkyl halides is 1. The summed E-state index contributed by atoms with van der Waals surface area (Å²) in [5.41, 5.74) is 0. The molecule has 2 aromatic rings. The van der Waals surface area contributed by atoms with Gasteiger partial charge >= 0.3 is 0 Å². The van der Waals surface area contributed by atoms with E-state index in [1.54, 1.807) is 0 Å². The largest absolute Gasteiger partial charge is 0.494 e. The molecule has 0 heterocycles. The van der Waals surface area contributed by atoms with Crippen molar-refractivity contribution in [2.75, 3.05) is 11.9 Å². The van der Waals surface area contributed by atoms with Gasteiger partial charge in [-0.15, -0.1) is 0 Å². The van der Waals surface area contributed by atoms with E-state index < -0.39 is 0 Å². The molecule has 0 atom stereocenters. The maximum atomic E-state index is 5.91. The maximum absolute atomic E-state index is 5.91. The Morgan fingerprint density at radius 2 is 1.20 bits per heavy atom. The lowest BCUT2D eigenvalue weighted by molar-refractivity contribution is 0.304. The lowest BCUT2D eigenvalue weighted by atomic mass is 10.1. The third kappa shape index (κ3) is 8.59. The Morgan fingerprint density at radius 1 is 0.640 bits per heavy atom.